The van der Waals surface area contributed by atoms with E-state index >= 15 is 0 Å². The Morgan fingerprint density at radius 1 is 1.08 bits per heavy atom. The molecular weight excluding hydrogens is 478 g/mol. The van der Waals surface area contributed by atoms with E-state index in [4.69, 9.17) is 14.2 Å². The number of nitrogens with zero attached hydrogens (tertiary/aromatic N) is 3. The van der Waals surface area contributed by atoms with Crippen molar-refractivity contribution in [1.29, 1.82) is 0 Å². The molecule has 0 unspecified atom stereocenters. The molecule has 1 aromatic rings. The fraction of sp³-hybridized carbons (Fsp3) is 0.577. The van der Waals surface area contributed by atoms with E-state index in [0.29, 0.717) is 67.6 Å². The summed E-state index contributed by atoms with van der Waals surface area (Å²) in [5.74, 6) is 0.599. The van der Waals surface area contributed by atoms with Crippen LogP contribution in [0.25, 0.3) is 0 Å². The highest BCUT2D eigenvalue weighted by Crippen LogP contribution is 2.38. The first-order valence-corrected chi connectivity index (χ1v) is 12.8. The van der Waals surface area contributed by atoms with Crippen molar-refractivity contribution in [2.45, 2.75) is 33.2 Å². The Balaban J connectivity index is 2.02. The molecule has 2 aliphatic heterocycles. The first-order chi connectivity index (χ1) is 17.9. The molecule has 1 atom stereocenters. The van der Waals surface area contributed by atoms with Crippen LogP contribution in [-0.2, 0) is 9.53 Å². The van der Waals surface area contributed by atoms with Gasteiger partial charge in [-0.1, -0.05) is 0 Å². The number of methoxy groups -OCH3 is 2. The van der Waals surface area contributed by atoms with Crippen LogP contribution in [-0.4, -0.2) is 99.4 Å². The second-order valence-corrected chi connectivity index (χ2v) is 8.77. The summed E-state index contributed by atoms with van der Waals surface area (Å²) in [6, 6.07) is 4.15. The van der Waals surface area contributed by atoms with Gasteiger partial charge in [0.1, 0.15) is 11.5 Å². The fourth-order valence-electron chi connectivity index (χ4n) is 4.75. The molecule has 11 nitrogen and oxygen atoms in total. The van der Waals surface area contributed by atoms with E-state index < -0.39 is 12.0 Å². The molecule has 1 fully saturated rings. The van der Waals surface area contributed by atoms with Gasteiger partial charge >= 0.3 is 18.0 Å². The molecule has 2 N–H and O–H groups in total. The summed E-state index contributed by atoms with van der Waals surface area (Å²) < 4.78 is 16.4. The Kier molecular flexibility index (Phi) is 10.0. The third-order valence-electron chi connectivity index (χ3n) is 6.58. The molecule has 2 heterocycles. The summed E-state index contributed by atoms with van der Waals surface area (Å²) in [6.45, 7) is 9.60. The number of carbonyl (C=O) groups excluding carboxylic acids is 3. The largest absolute Gasteiger partial charge is 0.497 e. The smallest absolute Gasteiger partial charge is 0.338 e. The number of hydrogen-bond acceptors (Lipinski definition) is 7. The van der Waals surface area contributed by atoms with Crippen molar-refractivity contribution in [3.05, 3.63) is 35.0 Å². The topological polar surface area (TPSA) is 113 Å². The third-order valence-corrected chi connectivity index (χ3v) is 6.58. The number of benzene rings is 1. The molecule has 0 saturated carbocycles. The van der Waals surface area contributed by atoms with Gasteiger partial charge < -0.3 is 29.7 Å². The van der Waals surface area contributed by atoms with E-state index in [1.807, 2.05) is 13.8 Å². The van der Waals surface area contributed by atoms with Crippen molar-refractivity contribution in [3.63, 3.8) is 0 Å². The number of amides is 4. The third kappa shape index (κ3) is 6.46. The number of rotatable bonds is 9. The van der Waals surface area contributed by atoms with Gasteiger partial charge in [-0.25, -0.2) is 14.4 Å². The van der Waals surface area contributed by atoms with Gasteiger partial charge in [-0.3, -0.25) is 9.80 Å². The van der Waals surface area contributed by atoms with Crippen LogP contribution in [0.1, 0.15) is 38.8 Å². The molecule has 2 aliphatic rings. The SMILES string of the molecule is CCNC(=O)N1CCCN(CC2=C(C(=O)OCC)[C@@H](c3ccc(OC)cc3OC)NC(=O)N2CC)CC1. The molecule has 0 bridgehead atoms. The fourth-order valence-corrected chi connectivity index (χ4v) is 4.75. The summed E-state index contributed by atoms with van der Waals surface area (Å²) in [5.41, 5.74) is 1.60. The minimum atomic E-state index is -0.760. The Hall–Kier alpha value is -3.47. The molecule has 204 valence electrons. The highest BCUT2D eigenvalue weighted by molar-refractivity contribution is 5.95. The predicted octanol–water partition coefficient (Wildman–Crippen LogP) is 2.34. The first-order valence-electron chi connectivity index (χ1n) is 12.8. The van der Waals surface area contributed by atoms with E-state index in [2.05, 4.69) is 15.5 Å². The average molecular weight is 518 g/mol. The minimum Gasteiger partial charge on any atom is -0.497 e. The zero-order chi connectivity index (χ0) is 26.9. The summed E-state index contributed by atoms with van der Waals surface area (Å²) in [7, 11) is 3.10. The second kappa shape index (κ2) is 13.2. The maximum atomic E-state index is 13.4. The first kappa shape index (κ1) is 28.1. The van der Waals surface area contributed by atoms with Crippen molar-refractivity contribution in [1.82, 2.24) is 25.3 Å². The minimum absolute atomic E-state index is 0.0744. The van der Waals surface area contributed by atoms with Gasteiger partial charge in [0.05, 0.1) is 32.4 Å². The van der Waals surface area contributed by atoms with Crippen molar-refractivity contribution >= 4 is 18.0 Å². The Morgan fingerprint density at radius 3 is 2.51 bits per heavy atom. The second-order valence-electron chi connectivity index (χ2n) is 8.77. The molecule has 0 aliphatic carbocycles. The van der Waals surface area contributed by atoms with Crippen LogP contribution in [0, 0.1) is 0 Å². The molecule has 4 amide bonds. The number of ether oxygens (including phenoxy) is 3. The average Bonchev–Trinajstić information content (AvgIpc) is 3.14. The van der Waals surface area contributed by atoms with Crippen molar-refractivity contribution in [2.75, 3.05) is 66.6 Å². The van der Waals surface area contributed by atoms with Crippen molar-refractivity contribution < 1.29 is 28.6 Å². The van der Waals surface area contributed by atoms with Crippen LogP contribution >= 0.6 is 0 Å². The van der Waals surface area contributed by atoms with Gasteiger partial charge in [-0.2, -0.15) is 0 Å². The molecule has 11 heteroatoms. The molecule has 0 spiro atoms. The zero-order valence-corrected chi connectivity index (χ0v) is 22.5. The number of esters is 1. The predicted molar refractivity (Wildman–Crippen MR) is 139 cm³/mol. The van der Waals surface area contributed by atoms with Gasteiger partial charge in [-0.05, 0) is 39.3 Å². The van der Waals surface area contributed by atoms with Crippen LogP contribution < -0.4 is 20.1 Å². The Morgan fingerprint density at radius 2 is 1.86 bits per heavy atom. The standard InChI is InChI=1S/C26H39N5O6/c1-6-27-25(33)30-13-9-12-29(14-15-30)17-20-22(24(32)37-8-3)23(28-26(34)31(20)7-2)19-11-10-18(35-4)16-21(19)36-5/h10-11,16,23H,6-9,12-15,17H2,1-5H3,(H,27,33)(H,28,34)/t23-/m1/s1. The van der Waals surface area contributed by atoms with Crippen LogP contribution in [0.15, 0.2) is 29.5 Å². The molecular formula is C26H39N5O6. The van der Waals surface area contributed by atoms with Crippen LogP contribution in [0.5, 0.6) is 11.5 Å². The van der Waals surface area contributed by atoms with E-state index in [9.17, 15) is 14.4 Å². The number of carbonyl (C=O) groups is 3. The van der Waals surface area contributed by atoms with Crippen LogP contribution in [0.4, 0.5) is 9.59 Å². The van der Waals surface area contributed by atoms with E-state index in [1.54, 1.807) is 42.0 Å². The summed E-state index contributed by atoms with van der Waals surface area (Å²) in [4.78, 5) is 44.6. The normalized spacial score (nSPS) is 18.7. The molecule has 37 heavy (non-hydrogen) atoms. The van der Waals surface area contributed by atoms with Gasteiger partial charge in [0.2, 0.25) is 0 Å². The van der Waals surface area contributed by atoms with E-state index in [0.717, 1.165) is 13.0 Å². The van der Waals surface area contributed by atoms with Crippen LogP contribution in [0.3, 0.4) is 0 Å². The number of hydrogen-bond donors (Lipinski definition) is 2. The van der Waals surface area contributed by atoms with E-state index in [-0.39, 0.29) is 18.7 Å². The van der Waals surface area contributed by atoms with Gasteiger partial charge in [0, 0.05) is 63.1 Å². The maximum Gasteiger partial charge on any atom is 0.338 e. The van der Waals surface area contributed by atoms with Crippen LogP contribution in [0.2, 0.25) is 0 Å². The monoisotopic (exact) mass is 517 g/mol. The lowest BCUT2D eigenvalue weighted by Crippen LogP contribution is -2.51. The summed E-state index contributed by atoms with van der Waals surface area (Å²) in [5, 5.41) is 5.83. The lowest BCUT2D eigenvalue weighted by Gasteiger charge is -2.38. The molecule has 3 rings (SSSR count). The maximum absolute atomic E-state index is 13.4. The number of urea groups is 2. The lowest BCUT2D eigenvalue weighted by molar-refractivity contribution is -0.139. The van der Waals surface area contributed by atoms with Gasteiger partial charge in [0.25, 0.3) is 0 Å². The summed E-state index contributed by atoms with van der Waals surface area (Å²) in [6.07, 6.45) is 0.785. The lowest BCUT2D eigenvalue weighted by atomic mass is 9.93. The highest BCUT2D eigenvalue weighted by atomic mass is 16.5. The highest BCUT2D eigenvalue weighted by Gasteiger charge is 2.39. The molecule has 0 aromatic heterocycles. The van der Waals surface area contributed by atoms with E-state index in [1.165, 1.54) is 7.11 Å². The Bertz CT molecular complexity index is 1010. The zero-order valence-electron chi connectivity index (χ0n) is 22.5. The van der Waals surface area contributed by atoms with Gasteiger partial charge in [0.15, 0.2) is 0 Å². The number of nitrogens with one attached hydrogen (secondary N) is 2. The molecule has 0 radical (unpaired) electrons. The Labute approximate surface area is 218 Å². The molecule has 1 saturated heterocycles. The number of likely N-dealkylation sites (N-methyl/N-ethyl adjacent to an activating group) is 1. The van der Waals surface area contributed by atoms with Gasteiger partial charge in [-0.15, -0.1) is 0 Å². The summed E-state index contributed by atoms with van der Waals surface area (Å²) >= 11 is 0. The molecule has 1 aromatic carbocycles. The van der Waals surface area contributed by atoms with Crippen molar-refractivity contribution in [2.24, 2.45) is 0 Å². The van der Waals surface area contributed by atoms with Crippen molar-refractivity contribution in [3.8, 4) is 11.5 Å². The quantitative estimate of drug-likeness (QED) is 0.484.